The second-order valence-electron chi connectivity index (χ2n) is 6.29. The second kappa shape index (κ2) is 8.97. The van der Waals surface area contributed by atoms with Gasteiger partial charge in [-0.25, -0.2) is 0 Å². The van der Waals surface area contributed by atoms with Gasteiger partial charge in [-0.1, -0.05) is 31.4 Å². The first-order valence-corrected chi connectivity index (χ1v) is 8.39. The number of aryl methyl sites for hydroxylation is 1. The fourth-order valence-corrected chi connectivity index (χ4v) is 2.86. The minimum absolute atomic E-state index is 0. The first-order chi connectivity index (χ1) is 11.4. The Morgan fingerprint density at radius 3 is 2.48 bits per heavy atom. The van der Waals surface area contributed by atoms with Crippen molar-refractivity contribution in [2.45, 2.75) is 52.1 Å². The number of benzene rings is 1. The summed E-state index contributed by atoms with van der Waals surface area (Å²) in [6.07, 6.45) is 2.76. The molecule has 1 aliphatic rings. The average molecular weight is 368 g/mol. The van der Waals surface area contributed by atoms with Crippen LogP contribution in [-0.2, 0) is 4.79 Å². The van der Waals surface area contributed by atoms with Crippen molar-refractivity contribution in [3.63, 3.8) is 0 Å². The van der Waals surface area contributed by atoms with Crippen LogP contribution >= 0.6 is 12.4 Å². The summed E-state index contributed by atoms with van der Waals surface area (Å²) in [7, 11) is 0. The molecule has 0 bridgehead atoms. The summed E-state index contributed by atoms with van der Waals surface area (Å²) in [5.74, 6) is -1.19. The van der Waals surface area contributed by atoms with Crippen LogP contribution in [0.3, 0.4) is 0 Å². The number of imide groups is 1. The number of halogens is 1. The summed E-state index contributed by atoms with van der Waals surface area (Å²) < 4.78 is 0. The normalized spacial score (nSPS) is 15.4. The topological polar surface area (TPSA) is 92.5 Å². The zero-order valence-corrected chi connectivity index (χ0v) is 15.7. The predicted octanol–water partition coefficient (Wildman–Crippen LogP) is 2.04. The van der Waals surface area contributed by atoms with Crippen molar-refractivity contribution in [2.75, 3.05) is 6.54 Å². The minimum atomic E-state index is -0.867. The molecule has 0 radical (unpaired) electrons. The van der Waals surface area contributed by atoms with E-state index in [4.69, 9.17) is 5.73 Å². The van der Waals surface area contributed by atoms with Crippen LogP contribution in [0.15, 0.2) is 18.2 Å². The Kier molecular flexibility index (Phi) is 7.58. The lowest BCUT2D eigenvalue weighted by molar-refractivity contribution is -0.125. The molecule has 6 nitrogen and oxygen atoms in total. The zero-order valence-electron chi connectivity index (χ0n) is 14.9. The number of hydrogen-bond acceptors (Lipinski definition) is 4. The Hall–Kier alpha value is -1.92. The van der Waals surface area contributed by atoms with Crippen molar-refractivity contribution in [3.8, 4) is 0 Å². The SMILES string of the molecule is CCCCC(CN)NC(=O)C(C)N1C(=O)c2ccc(C)cc2C1=O.Cl. The maximum atomic E-state index is 12.5. The lowest BCUT2D eigenvalue weighted by Crippen LogP contribution is -2.51. The van der Waals surface area contributed by atoms with E-state index >= 15 is 0 Å². The van der Waals surface area contributed by atoms with Gasteiger partial charge in [-0.2, -0.15) is 0 Å². The van der Waals surface area contributed by atoms with Crippen LogP contribution < -0.4 is 11.1 Å². The Morgan fingerprint density at radius 2 is 1.88 bits per heavy atom. The first kappa shape index (κ1) is 21.1. The highest BCUT2D eigenvalue weighted by atomic mass is 35.5. The maximum Gasteiger partial charge on any atom is 0.262 e. The fraction of sp³-hybridized carbons (Fsp3) is 0.500. The van der Waals surface area contributed by atoms with Gasteiger partial charge >= 0.3 is 0 Å². The van der Waals surface area contributed by atoms with Crippen molar-refractivity contribution >= 4 is 30.1 Å². The van der Waals surface area contributed by atoms with Crippen molar-refractivity contribution in [2.24, 2.45) is 5.73 Å². The van der Waals surface area contributed by atoms with Crippen molar-refractivity contribution < 1.29 is 14.4 Å². The molecule has 3 amide bonds. The molecule has 2 rings (SSSR count). The van der Waals surface area contributed by atoms with E-state index in [9.17, 15) is 14.4 Å². The Labute approximate surface area is 154 Å². The Balaban J connectivity index is 0.00000312. The number of amides is 3. The molecule has 0 spiro atoms. The van der Waals surface area contributed by atoms with E-state index in [1.54, 1.807) is 25.1 Å². The van der Waals surface area contributed by atoms with Gasteiger partial charge in [0.05, 0.1) is 11.1 Å². The van der Waals surface area contributed by atoms with Gasteiger partial charge in [0, 0.05) is 12.6 Å². The molecule has 1 aromatic carbocycles. The number of unbranched alkanes of at least 4 members (excludes halogenated alkanes) is 1. The molecule has 2 atom stereocenters. The molecule has 0 saturated heterocycles. The monoisotopic (exact) mass is 367 g/mol. The van der Waals surface area contributed by atoms with Gasteiger partial charge in [-0.05, 0) is 32.4 Å². The number of nitrogens with two attached hydrogens (primary N) is 1. The number of carbonyl (C=O) groups excluding carboxylic acids is 3. The number of nitrogens with zero attached hydrogens (tertiary/aromatic N) is 1. The number of carbonyl (C=O) groups is 3. The van der Waals surface area contributed by atoms with Crippen LogP contribution in [0, 0.1) is 6.92 Å². The fourth-order valence-electron chi connectivity index (χ4n) is 2.86. The standard InChI is InChI=1S/C18H25N3O3.ClH/c1-4-5-6-13(10-19)20-16(22)12(3)21-17(23)14-8-7-11(2)9-15(14)18(21)24;/h7-9,12-13H,4-6,10,19H2,1-3H3,(H,20,22);1H. The van der Waals surface area contributed by atoms with Crippen LogP contribution in [0.2, 0.25) is 0 Å². The molecule has 0 fully saturated rings. The van der Waals surface area contributed by atoms with E-state index in [1.807, 2.05) is 6.92 Å². The van der Waals surface area contributed by atoms with Crippen LogP contribution in [0.1, 0.15) is 59.4 Å². The van der Waals surface area contributed by atoms with Gasteiger partial charge in [-0.15, -0.1) is 12.4 Å². The van der Waals surface area contributed by atoms with Crippen molar-refractivity contribution in [1.82, 2.24) is 10.2 Å². The third-order valence-electron chi connectivity index (χ3n) is 4.38. The van der Waals surface area contributed by atoms with Gasteiger partial charge in [0.1, 0.15) is 6.04 Å². The molecule has 0 aromatic heterocycles. The Morgan fingerprint density at radius 1 is 1.24 bits per heavy atom. The maximum absolute atomic E-state index is 12.5. The van der Waals surface area contributed by atoms with Crippen LogP contribution in [0.5, 0.6) is 0 Å². The molecule has 25 heavy (non-hydrogen) atoms. The zero-order chi connectivity index (χ0) is 17.9. The van der Waals surface area contributed by atoms with Crippen LogP contribution in [0.25, 0.3) is 0 Å². The molecule has 7 heteroatoms. The lowest BCUT2D eigenvalue weighted by Gasteiger charge is -2.24. The molecule has 0 saturated carbocycles. The summed E-state index contributed by atoms with van der Waals surface area (Å²) >= 11 is 0. The van der Waals surface area contributed by atoms with Gasteiger partial charge < -0.3 is 11.1 Å². The largest absolute Gasteiger partial charge is 0.350 e. The molecule has 0 aliphatic carbocycles. The van der Waals surface area contributed by atoms with Crippen LogP contribution in [-0.4, -0.2) is 41.2 Å². The lowest BCUT2D eigenvalue weighted by atomic mass is 10.1. The summed E-state index contributed by atoms with van der Waals surface area (Å²) in [6, 6.07) is 4.10. The predicted molar refractivity (Wildman–Crippen MR) is 98.9 cm³/mol. The first-order valence-electron chi connectivity index (χ1n) is 8.39. The van der Waals surface area contributed by atoms with E-state index in [0.717, 1.165) is 29.7 Å². The Bertz CT molecular complexity index is 663. The number of nitrogens with one attached hydrogen (secondary N) is 1. The smallest absolute Gasteiger partial charge is 0.262 e. The molecule has 2 unspecified atom stereocenters. The second-order valence-corrected chi connectivity index (χ2v) is 6.29. The molecule has 138 valence electrons. The molecule has 1 aliphatic heterocycles. The van der Waals surface area contributed by atoms with Crippen LogP contribution in [0.4, 0.5) is 0 Å². The van der Waals surface area contributed by atoms with Gasteiger partial charge in [0.25, 0.3) is 11.8 Å². The van der Waals surface area contributed by atoms with E-state index in [2.05, 4.69) is 12.2 Å². The van der Waals surface area contributed by atoms with E-state index < -0.39 is 17.9 Å². The summed E-state index contributed by atoms with van der Waals surface area (Å²) in [4.78, 5) is 38.5. The van der Waals surface area contributed by atoms with E-state index in [0.29, 0.717) is 17.7 Å². The average Bonchev–Trinajstić information content (AvgIpc) is 2.81. The van der Waals surface area contributed by atoms with Gasteiger partial charge in [-0.3, -0.25) is 19.3 Å². The summed E-state index contributed by atoms with van der Waals surface area (Å²) in [5.41, 5.74) is 7.31. The molecular weight excluding hydrogens is 342 g/mol. The molecule has 1 aromatic rings. The van der Waals surface area contributed by atoms with E-state index in [1.165, 1.54) is 0 Å². The number of fused-ring (bicyclic) bond motifs is 1. The quantitative estimate of drug-likeness (QED) is 0.721. The molecular formula is C18H26ClN3O3. The van der Waals surface area contributed by atoms with Crippen molar-refractivity contribution in [1.29, 1.82) is 0 Å². The van der Waals surface area contributed by atoms with Gasteiger partial charge in [0.2, 0.25) is 5.91 Å². The van der Waals surface area contributed by atoms with E-state index in [-0.39, 0.29) is 24.4 Å². The number of hydrogen-bond donors (Lipinski definition) is 2. The minimum Gasteiger partial charge on any atom is -0.350 e. The molecule has 3 N–H and O–H groups in total. The molecule has 1 heterocycles. The summed E-state index contributed by atoms with van der Waals surface area (Å²) in [5, 5.41) is 2.85. The number of rotatable bonds is 7. The van der Waals surface area contributed by atoms with Gasteiger partial charge in [0.15, 0.2) is 0 Å². The highest BCUT2D eigenvalue weighted by Gasteiger charge is 2.41. The highest BCUT2D eigenvalue weighted by Crippen LogP contribution is 2.25. The third kappa shape index (κ3) is 4.38. The third-order valence-corrected chi connectivity index (χ3v) is 4.38. The highest BCUT2D eigenvalue weighted by molar-refractivity contribution is 6.22. The summed E-state index contributed by atoms with van der Waals surface area (Å²) in [6.45, 7) is 5.83. The van der Waals surface area contributed by atoms with Crippen molar-refractivity contribution in [3.05, 3.63) is 34.9 Å².